The van der Waals surface area contributed by atoms with Gasteiger partial charge >= 0.3 is 0 Å². The summed E-state index contributed by atoms with van der Waals surface area (Å²) in [5.74, 6) is 0. The molecule has 0 aromatic heterocycles. The molecule has 1 aliphatic carbocycles. The smallest absolute Gasteiger partial charge is 0.0778 e. The fourth-order valence-corrected chi connectivity index (χ4v) is 2.10. The molecule has 1 N–H and O–H groups in total. The van der Waals surface area contributed by atoms with Crippen molar-refractivity contribution in [1.29, 1.82) is 0 Å². The van der Waals surface area contributed by atoms with Crippen LogP contribution in [0.3, 0.4) is 0 Å². The van der Waals surface area contributed by atoms with Crippen LogP contribution in [0.15, 0.2) is 23.9 Å². The van der Waals surface area contributed by atoms with Crippen LogP contribution in [0.5, 0.6) is 0 Å². The van der Waals surface area contributed by atoms with Gasteiger partial charge in [0.15, 0.2) is 0 Å². The highest BCUT2D eigenvalue weighted by molar-refractivity contribution is 5.23. The van der Waals surface area contributed by atoms with Crippen LogP contribution in [0.25, 0.3) is 0 Å². The Hall–Kier alpha value is -0.800. The second-order valence-electron chi connectivity index (χ2n) is 4.88. The van der Waals surface area contributed by atoms with Crippen molar-refractivity contribution >= 4 is 0 Å². The number of allylic oxidation sites excluding steroid dienone is 1. The predicted octanol–water partition coefficient (Wildman–Crippen LogP) is 1.85. The Balaban J connectivity index is 2.25. The molecule has 0 saturated carbocycles. The zero-order chi connectivity index (χ0) is 12.7. The molecular formula is C14H26N2O. The van der Waals surface area contributed by atoms with E-state index in [1.807, 2.05) is 12.2 Å². The summed E-state index contributed by atoms with van der Waals surface area (Å²) in [4.78, 5) is 4.59. The van der Waals surface area contributed by atoms with E-state index in [2.05, 4.69) is 36.9 Å². The molecule has 0 saturated heterocycles. The van der Waals surface area contributed by atoms with Crippen molar-refractivity contribution in [3.8, 4) is 0 Å². The molecule has 0 aromatic rings. The highest BCUT2D eigenvalue weighted by atomic mass is 16.3. The standard InChI is InChI=1S/C14H26N2O/c1-4-9-15(2)10-6-11-16(3)13-7-5-8-14(17)12-13/h5,7,12,14,17H,4,6,8-11H2,1-3H3. The van der Waals surface area contributed by atoms with Crippen LogP contribution < -0.4 is 0 Å². The van der Waals surface area contributed by atoms with E-state index in [0.717, 1.165) is 31.6 Å². The van der Waals surface area contributed by atoms with Crippen LogP contribution >= 0.6 is 0 Å². The molecule has 0 aromatic carbocycles. The average Bonchev–Trinajstić information content (AvgIpc) is 2.29. The third-order valence-electron chi connectivity index (χ3n) is 3.11. The van der Waals surface area contributed by atoms with Crippen LogP contribution in [0.2, 0.25) is 0 Å². The maximum atomic E-state index is 9.55. The van der Waals surface area contributed by atoms with Gasteiger partial charge in [-0.2, -0.15) is 0 Å². The zero-order valence-corrected chi connectivity index (χ0v) is 11.4. The second-order valence-corrected chi connectivity index (χ2v) is 4.88. The maximum absolute atomic E-state index is 9.55. The van der Waals surface area contributed by atoms with Crippen molar-refractivity contribution in [2.45, 2.75) is 32.3 Å². The SMILES string of the molecule is CCCN(C)CCCN(C)C1=CC(O)CC=C1. The first-order chi connectivity index (χ1) is 8.13. The number of likely N-dealkylation sites (N-methyl/N-ethyl adjacent to an activating group) is 1. The van der Waals surface area contributed by atoms with Gasteiger partial charge in [-0.25, -0.2) is 0 Å². The molecule has 0 radical (unpaired) electrons. The summed E-state index contributed by atoms with van der Waals surface area (Å²) in [6.07, 6.45) is 8.90. The Bertz CT molecular complexity index is 273. The third-order valence-corrected chi connectivity index (χ3v) is 3.11. The van der Waals surface area contributed by atoms with E-state index in [9.17, 15) is 5.11 Å². The first kappa shape index (κ1) is 14.3. The molecular weight excluding hydrogens is 212 g/mol. The molecule has 0 aliphatic heterocycles. The van der Waals surface area contributed by atoms with E-state index in [1.54, 1.807) is 0 Å². The van der Waals surface area contributed by atoms with Crippen molar-refractivity contribution in [2.75, 3.05) is 33.7 Å². The van der Waals surface area contributed by atoms with Gasteiger partial charge < -0.3 is 14.9 Å². The van der Waals surface area contributed by atoms with Gasteiger partial charge in [-0.05, 0) is 51.6 Å². The molecule has 1 rings (SSSR count). The molecule has 0 spiro atoms. The summed E-state index contributed by atoms with van der Waals surface area (Å²) in [7, 11) is 4.26. The van der Waals surface area contributed by atoms with Gasteiger partial charge in [0.1, 0.15) is 0 Å². The largest absolute Gasteiger partial charge is 0.389 e. The lowest BCUT2D eigenvalue weighted by atomic mass is 10.1. The summed E-state index contributed by atoms with van der Waals surface area (Å²) in [5.41, 5.74) is 1.14. The number of hydrogen-bond donors (Lipinski definition) is 1. The highest BCUT2D eigenvalue weighted by Crippen LogP contribution is 2.13. The van der Waals surface area contributed by atoms with Crippen LogP contribution in [-0.4, -0.2) is 54.7 Å². The van der Waals surface area contributed by atoms with E-state index in [1.165, 1.54) is 13.0 Å². The Kier molecular flexibility index (Phi) is 6.30. The van der Waals surface area contributed by atoms with Crippen LogP contribution in [0.4, 0.5) is 0 Å². The Morgan fingerprint density at radius 2 is 2.06 bits per heavy atom. The van der Waals surface area contributed by atoms with E-state index < -0.39 is 0 Å². The van der Waals surface area contributed by atoms with Crippen LogP contribution in [0, 0.1) is 0 Å². The topological polar surface area (TPSA) is 26.7 Å². The Morgan fingerprint density at radius 3 is 2.71 bits per heavy atom. The van der Waals surface area contributed by atoms with Gasteiger partial charge in [0.05, 0.1) is 6.10 Å². The lowest BCUT2D eigenvalue weighted by molar-refractivity contribution is 0.220. The van der Waals surface area contributed by atoms with Crippen molar-refractivity contribution < 1.29 is 5.11 Å². The Morgan fingerprint density at radius 1 is 1.29 bits per heavy atom. The quantitative estimate of drug-likeness (QED) is 0.733. The highest BCUT2D eigenvalue weighted by Gasteiger charge is 2.09. The molecule has 1 aliphatic rings. The van der Waals surface area contributed by atoms with Gasteiger partial charge in [-0.1, -0.05) is 13.0 Å². The number of nitrogens with zero attached hydrogens (tertiary/aromatic N) is 2. The summed E-state index contributed by atoms with van der Waals surface area (Å²) >= 11 is 0. The van der Waals surface area contributed by atoms with Crippen molar-refractivity contribution in [2.24, 2.45) is 0 Å². The summed E-state index contributed by atoms with van der Waals surface area (Å²) in [6, 6.07) is 0. The van der Waals surface area contributed by atoms with Gasteiger partial charge in [0, 0.05) is 19.3 Å². The number of aliphatic hydroxyl groups is 1. The van der Waals surface area contributed by atoms with Crippen LogP contribution in [0.1, 0.15) is 26.2 Å². The summed E-state index contributed by atoms with van der Waals surface area (Å²) in [6.45, 7) is 5.56. The van der Waals surface area contributed by atoms with E-state index in [4.69, 9.17) is 0 Å². The molecule has 17 heavy (non-hydrogen) atoms. The number of aliphatic hydroxyl groups excluding tert-OH is 1. The Labute approximate surface area is 105 Å². The summed E-state index contributed by atoms with van der Waals surface area (Å²) in [5, 5.41) is 9.55. The minimum atomic E-state index is -0.305. The molecule has 1 unspecified atom stereocenters. The van der Waals surface area contributed by atoms with E-state index in [-0.39, 0.29) is 6.10 Å². The first-order valence-electron chi connectivity index (χ1n) is 6.59. The van der Waals surface area contributed by atoms with Gasteiger partial charge in [0.25, 0.3) is 0 Å². The minimum absolute atomic E-state index is 0.305. The normalized spacial score (nSPS) is 19.6. The predicted molar refractivity (Wildman–Crippen MR) is 72.9 cm³/mol. The molecule has 0 fully saturated rings. The van der Waals surface area contributed by atoms with Crippen molar-refractivity contribution in [3.63, 3.8) is 0 Å². The molecule has 0 heterocycles. The molecule has 0 amide bonds. The monoisotopic (exact) mass is 238 g/mol. The van der Waals surface area contributed by atoms with E-state index >= 15 is 0 Å². The van der Waals surface area contributed by atoms with Gasteiger partial charge in [-0.15, -0.1) is 0 Å². The average molecular weight is 238 g/mol. The first-order valence-corrected chi connectivity index (χ1v) is 6.59. The van der Waals surface area contributed by atoms with E-state index in [0.29, 0.717) is 0 Å². The molecule has 98 valence electrons. The maximum Gasteiger partial charge on any atom is 0.0778 e. The fourth-order valence-electron chi connectivity index (χ4n) is 2.10. The van der Waals surface area contributed by atoms with Crippen molar-refractivity contribution in [3.05, 3.63) is 23.9 Å². The second kappa shape index (κ2) is 7.51. The lowest BCUT2D eigenvalue weighted by Gasteiger charge is -2.24. The molecule has 0 bridgehead atoms. The van der Waals surface area contributed by atoms with Crippen molar-refractivity contribution in [1.82, 2.24) is 9.80 Å². The number of hydrogen-bond acceptors (Lipinski definition) is 3. The lowest BCUT2D eigenvalue weighted by Crippen LogP contribution is -2.26. The third kappa shape index (κ3) is 5.37. The fraction of sp³-hybridized carbons (Fsp3) is 0.714. The minimum Gasteiger partial charge on any atom is -0.389 e. The zero-order valence-electron chi connectivity index (χ0n) is 11.4. The molecule has 3 nitrogen and oxygen atoms in total. The summed E-state index contributed by atoms with van der Waals surface area (Å²) < 4.78 is 0. The molecule has 3 heteroatoms. The van der Waals surface area contributed by atoms with Gasteiger partial charge in [0.2, 0.25) is 0 Å². The molecule has 1 atom stereocenters. The van der Waals surface area contributed by atoms with Gasteiger partial charge in [-0.3, -0.25) is 0 Å². The number of rotatable bonds is 7. The van der Waals surface area contributed by atoms with Crippen LogP contribution in [-0.2, 0) is 0 Å².